The van der Waals surface area contributed by atoms with Crippen molar-refractivity contribution in [3.8, 4) is 5.75 Å². The molecule has 4 heteroatoms. The molecule has 1 aliphatic rings. The highest BCUT2D eigenvalue weighted by molar-refractivity contribution is 5.96. The molecule has 0 atom stereocenters. The molecular formula is C24H26N2O2. The van der Waals surface area contributed by atoms with E-state index in [2.05, 4.69) is 49.3 Å². The van der Waals surface area contributed by atoms with Crippen molar-refractivity contribution in [1.82, 2.24) is 9.88 Å². The van der Waals surface area contributed by atoms with Crippen LogP contribution in [0.25, 0.3) is 16.5 Å². The fraction of sp³-hybridized carbons (Fsp3) is 0.292. The predicted molar refractivity (Wildman–Crippen MR) is 114 cm³/mol. The molecule has 1 aromatic heterocycles. The number of amides is 1. The molecule has 0 fully saturated rings. The molecule has 2 aromatic carbocycles. The van der Waals surface area contributed by atoms with Crippen LogP contribution in [0.15, 0.2) is 60.8 Å². The second-order valence-electron chi connectivity index (χ2n) is 7.71. The summed E-state index contributed by atoms with van der Waals surface area (Å²) in [6.45, 7) is 6.23. The Balaban J connectivity index is 1.47. The lowest BCUT2D eigenvalue weighted by Gasteiger charge is -2.26. The maximum absolute atomic E-state index is 12.9. The van der Waals surface area contributed by atoms with Gasteiger partial charge in [0, 0.05) is 41.3 Å². The Morgan fingerprint density at radius 3 is 2.82 bits per heavy atom. The zero-order chi connectivity index (χ0) is 19.5. The van der Waals surface area contributed by atoms with Crippen LogP contribution in [0.5, 0.6) is 5.75 Å². The van der Waals surface area contributed by atoms with E-state index in [9.17, 15) is 4.79 Å². The number of hydrogen-bond donors (Lipinski definition) is 1. The molecule has 0 aliphatic carbocycles. The number of benzene rings is 2. The van der Waals surface area contributed by atoms with Crippen LogP contribution in [0, 0.1) is 5.92 Å². The summed E-state index contributed by atoms with van der Waals surface area (Å²) in [5, 5.41) is 1.24. The summed E-state index contributed by atoms with van der Waals surface area (Å²) in [6.07, 6.45) is 5.11. The minimum absolute atomic E-state index is 0.0595. The quantitative estimate of drug-likeness (QED) is 0.673. The minimum Gasteiger partial charge on any atom is -0.493 e. The Morgan fingerprint density at radius 1 is 1.18 bits per heavy atom. The smallest absolute Gasteiger partial charge is 0.254 e. The molecule has 144 valence electrons. The highest BCUT2D eigenvalue weighted by Gasteiger charge is 2.21. The standard InChI is InChI=1S/C24H26N2O2/c1-17(2)16-28-20-7-5-6-19(14-20)24(27)26-12-10-18(11-13-26)22-15-25-23-9-4-3-8-21(22)23/h3-10,14-15,17,25H,11-13,16H2,1-2H3. The van der Waals surface area contributed by atoms with E-state index in [-0.39, 0.29) is 5.91 Å². The van der Waals surface area contributed by atoms with Crippen LogP contribution in [0.4, 0.5) is 0 Å². The Hall–Kier alpha value is -3.01. The number of ether oxygens (including phenoxy) is 1. The van der Waals surface area contributed by atoms with Gasteiger partial charge in [0.05, 0.1) is 6.61 Å². The number of carbonyl (C=O) groups excluding carboxylic acids is 1. The van der Waals surface area contributed by atoms with Crippen molar-refractivity contribution in [1.29, 1.82) is 0 Å². The molecule has 0 unspecified atom stereocenters. The molecule has 1 amide bonds. The summed E-state index contributed by atoms with van der Waals surface area (Å²) in [4.78, 5) is 18.2. The van der Waals surface area contributed by atoms with Crippen LogP contribution in [0.3, 0.4) is 0 Å². The lowest BCUT2D eigenvalue weighted by Crippen LogP contribution is -2.34. The molecular weight excluding hydrogens is 348 g/mol. The van der Waals surface area contributed by atoms with E-state index in [1.165, 1.54) is 16.5 Å². The largest absolute Gasteiger partial charge is 0.493 e. The third-order valence-electron chi connectivity index (χ3n) is 5.10. The number of aromatic nitrogens is 1. The fourth-order valence-corrected chi connectivity index (χ4v) is 3.60. The van der Waals surface area contributed by atoms with Crippen molar-refractivity contribution in [3.05, 3.63) is 71.9 Å². The molecule has 1 aliphatic heterocycles. The van der Waals surface area contributed by atoms with E-state index in [4.69, 9.17) is 4.74 Å². The number of H-pyrrole nitrogens is 1. The molecule has 28 heavy (non-hydrogen) atoms. The first-order valence-electron chi connectivity index (χ1n) is 9.89. The molecule has 0 saturated heterocycles. The molecule has 3 aromatic rings. The van der Waals surface area contributed by atoms with Gasteiger partial charge in [0.2, 0.25) is 0 Å². The average molecular weight is 374 g/mol. The van der Waals surface area contributed by atoms with E-state index in [0.717, 1.165) is 24.2 Å². The van der Waals surface area contributed by atoms with E-state index < -0.39 is 0 Å². The Bertz CT molecular complexity index is 1020. The zero-order valence-electron chi connectivity index (χ0n) is 16.4. The summed E-state index contributed by atoms with van der Waals surface area (Å²) in [6, 6.07) is 15.8. The van der Waals surface area contributed by atoms with E-state index >= 15 is 0 Å². The van der Waals surface area contributed by atoms with Crippen molar-refractivity contribution in [2.75, 3.05) is 19.7 Å². The summed E-state index contributed by atoms with van der Waals surface area (Å²) < 4.78 is 5.77. The van der Waals surface area contributed by atoms with Crippen LogP contribution in [0.1, 0.15) is 36.2 Å². The fourth-order valence-electron chi connectivity index (χ4n) is 3.60. The zero-order valence-corrected chi connectivity index (χ0v) is 16.4. The van der Waals surface area contributed by atoms with Crippen LogP contribution in [-0.4, -0.2) is 35.5 Å². The SMILES string of the molecule is CC(C)COc1cccc(C(=O)N2CC=C(c3c[nH]c4ccccc34)CC2)c1. The van der Waals surface area contributed by atoms with Crippen LogP contribution < -0.4 is 4.74 Å². The van der Waals surface area contributed by atoms with Gasteiger partial charge in [-0.3, -0.25) is 4.79 Å². The number of rotatable bonds is 5. The highest BCUT2D eigenvalue weighted by Crippen LogP contribution is 2.29. The first-order chi connectivity index (χ1) is 13.6. The normalized spacial score (nSPS) is 14.4. The van der Waals surface area contributed by atoms with Crippen LogP contribution in [-0.2, 0) is 0 Å². The van der Waals surface area contributed by atoms with Crippen LogP contribution in [0.2, 0.25) is 0 Å². The van der Waals surface area contributed by atoms with Gasteiger partial charge >= 0.3 is 0 Å². The first-order valence-corrected chi connectivity index (χ1v) is 9.89. The number of nitrogens with one attached hydrogen (secondary N) is 1. The molecule has 0 bridgehead atoms. The first kappa shape index (κ1) is 18.4. The van der Waals surface area contributed by atoms with E-state index in [1.54, 1.807) is 0 Å². The Morgan fingerprint density at radius 2 is 2.04 bits per heavy atom. The van der Waals surface area contributed by atoms with Crippen LogP contribution >= 0.6 is 0 Å². The molecule has 4 rings (SSSR count). The molecule has 0 spiro atoms. The third kappa shape index (κ3) is 3.81. The second-order valence-corrected chi connectivity index (χ2v) is 7.71. The number of carbonyl (C=O) groups is 1. The van der Waals surface area contributed by atoms with E-state index in [0.29, 0.717) is 24.6 Å². The van der Waals surface area contributed by atoms with Crippen molar-refractivity contribution in [2.45, 2.75) is 20.3 Å². The number of fused-ring (bicyclic) bond motifs is 1. The number of hydrogen-bond acceptors (Lipinski definition) is 2. The van der Waals surface area contributed by atoms with E-state index in [1.807, 2.05) is 35.2 Å². The van der Waals surface area contributed by atoms with Gasteiger partial charge in [0.25, 0.3) is 5.91 Å². The summed E-state index contributed by atoms with van der Waals surface area (Å²) in [7, 11) is 0. The van der Waals surface area contributed by atoms with Crippen molar-refractivity contribution >= 4 is 22.4 Å². The predicted octanol–water partition coefficient (Wildman–Crippen LogP) is 5.13. The van der Waals surface area contributed by atoms with Gasteiger partial charge in [0.15, 0.2) is 0 Å². The molecule has 2 heterocycles. The number of para-hydroxylation sites is 1. The van der Waals surface area contributed by atoms with Gasteiger partial charge in [-0.2, -0.15) is 0 Å². The lowest BCUT2D eigenvalue weighted by molar-refractivity contribution is 0.0772. The monoisotopic (exact) mass is 374 g/mol. The third-order valence-corrected chi connectivity index (χ3v) is 5.10. The maximum Gasteiger partial charge on any atom is 0.254 e. The Kier molecular flexibility index (Phi) is 5.20. The van der Waals surface area contributed by atoms with Crippen molar-refractivity contribution < 1.29 is 9.53 Å². The topological polar surface area (TPSA) is 45.3 Å². The summed E-state index contributed by atoms with van der Waals surface area (Å²) in [5.74, 6) is 1.27. The highest BCUT2D eigenvalue weighted by atomic mass is 16.5. The maximum atomic E-state index is 12.9. The summed E-state index contributed by atoms with van der Waals surface area (Å²) in [5.41, 5.74) is 4.38. The number of nitrogens with zero attached hydrogens (tertiary/aromatic N) is 1. The average Bonchev–Trinajstić information content (AvgIpc) is 3.16. The molecule has 0 saturated carbocycles. The lowest BCUT2D eigenvalue weighted by atomic mass is 9.98. The van der Waals surface area contributed by atoms with Crippen molar-refractivity contribution in [3.63, 3.8) is 0 Å². The van der Waals surface area contributed by atoms with Gasteiger partial charge in [-0.25, -0.2) is 0 Å². The second kappa shape index (κ2) is 7.93. The van der Waals surface area contributed by atoms with Gasteiger partial charge < -0.3 is 14.6 Å². The van der Waals surface area contributed by atoms with Gasteiger partial charge in [0.1, 0.15) is 5.75 Å². The number of aromatic amines is 1. The minimum atomic E-state index is 0.0595. The van der Waals surface area contributed by atoms with Gasteiger partial charge in [-0.15, -0.1) is 0 Å². The molecule has 0 radical (unpaired) electrons. The molecule has 1 N–H and O–H groups in total. The van der Waals surface area contributed by atoms with Crippen molar-refractivity contribution in [2.24, 2.45) is 5.92 Å². The van der Waals surface area contributed by atoms with Gasteiger partial charge in [-0.1, -0.05) is 44.2 Å². The molecule has 4 nitrogen and oxygen atoms in total. The van der Waals surface area contributed by atoms with Gasteiger partial charge in [-0.05, 0) is 42.2 Å². The Labute approximate surface area is 165 Å². The summed E-state index contributed by atoms with van der Waals surface area (Å²) >= 11 is 0.